The number of halogens is 3. The molecule has 0 saturated carbocycles. The number of methoxy groups -OCH3 is 1. The number of amides is 1. The van der Waals surface area contributed by atoms with Gasteiger partial charge in [0.05, 0.1) is 23.3 Å². The second kappa shape index (κ2) is 7.72. The second-order valence-electron chi connectivity index (χ2n) is 4.97. The van der Waals surface area contributed by atoms with Crippen LogP contribution >= 0.6 is 0 Å². The summed E-state index contributed by atoms with van der Waals surface area (Å²) in [6.45, 7) is -0.723. The van der Waals surface area contributed by atoms with Gasteiger partial charge in [-0.25, -0.2) is 0 Å². The Kier molecular flexibility index (Phi) is 5.65. The standard InChI is InChI=1S/C16H13F3N2O5/c1-25-14-7-6-10(21(23)24)8-12(14)20-15(22)9-26-13-5-3-2-4-11(13)16(17,18)19/h2-8H,9H2,1H3,(H,20,22). The van der Waals surface area contributed by atoms with E-state index in [1.165, 1.54) is 31.4 Å². The lowest BCUT2D eigenvalue weighted by molar-refractivity contribution is -0.384. The molecule has 2 aromatic rings. The first kappa shape index (κ1) is 19.0. The fourth-order valence-corrected chi connectivity index (χ4v) is 2.06. The third-order valence-electron chi connectivity index (χ3n) is 3.22. The molecule has 0 heterocycles. The van der Waals surface area contributed by atoms with Gasteiger partial charge in [0.2, 0.25) is 0 Å². The molecule has 10 heteroatoms. The Morgan fingerprint density at radius 3 is 2.50 bits per heavy atom. The van der Waals surface area contributed by atoms with Crippen molar-refractivity contribution >= 4 is 17.3 Å². The predicted octanol–water partition coefficient (Wildman–Crippen LogP) is 3.64. The van der Waals surface area contributed by atoms with Crippen LogP contribution in [0.5, 0.6) is 11.5 Å². The van der Waals surface area contributed by atoms with Gasteiger partial charge in [-0.2, -0.15) is 13.2 Å². The van der Waals surface area contributed by atoms with Crippen LogP contribution in [0.15, 0.2) is 42.5 Å². The summed E-state index contributed by atoms with van der Waals surface area (Å²) in [5.74, 6) is -1.15. The number of carbonyl (C=O) groups is 1. The molecule has 1 N–H and O–H groups in total. The highest BCUT2D eigenvalue weighted by atomic mass is 19.4. The highest BCUT2D eigenvalue weighted by Crippen LogP contribution is 2.36. The number of hydrogen-bond donors (Lipinski definition) is 1. The Balaban J connectivity index is 2.11. The summed E-state index contributed by atoms with van der Waals surface area (Å²) < 4.78 is 48.6. The van der Waals surface area contributed by atoms with E-state index in [0.717, 1.165) is 18.2 Å². The smallest absolute Gasteiger partial charge is 0.419 e. The largest absolute Gasteiger partial charge is 0.495 e. The molecule has 0 aliphatic rings. The van der Waals surface area contributed by atoms with Crippen molar-refractivity contribution in [2.75, 3.05) is 19.0 Å². The van der Waals surface area contributed by atoms with Gasteiger partial charge in [-0.1, -0.05) is 12.1 Å². The highest BCUT2D eigenvalue weighted by Gasteiger charge is 2.34. The number of hydrogen-bond acceptors (Lipinski definition) is 5. The average Bonchev–Trinajstić information content (AvgIpc) is 2.59. The molecule has 1 amide bonds. The molecule has 2 rings (SSSR count). The monoisotopic (exact) mass is 370 g/mol. The molecule has 0 spiro atoms. The first-order chi connectivity index (χ1) is 12.2. The molecule has 2 aromatic carbocycles. The van der Waals surface area contributed by atoms with Crippen molar-refractivity contribution in [1.82, 2.24) is 0 Å². The lowest BCUT2D eigenvalue weighted by Crippen LogP contribution is -2.21. The van der Waals surface area contributed by atoms with Crippen molar-refractivity contribution < 1.29 is 32.4 Å². The van der Waals surface area contributed by atoms with Crippen molar-refractivity contribution in [3.63, 3.8) is 0 Å². The number of nitrogens with zero attached hydrogens (tertiary/aromatic N) is 1. The molecule has 0 atom stereocenters. The number of nitro benzene ring substituents is 1. The molecule has 0 saturated heterocycles. The van der Waals surface area contributed by atoms with Gasteiger partial charge in [0.1, 0.15) is 11.5 Å². The summed E-state index contributed by atoms with van der Waals surface area (Å²) in [6, 6.07) is 8.00. The Morgan fingerprint density at radius 1 is 1.19 bits per heavy atom. The normalized spacial score (nSPS) is 10.9. The zero-order valence-corrected chi connectivity index (χ0v) is 13.4. The quantitative estimate of drug-likeness (QED) is 0.619. The van der Waals surface area contributed by atoms with Crippen LogP contribution in [0.1, 0.15) is 5.56 Å². The van der Waals surface area contributed by atoms with Gasteiger partial charge < -0.3 is 14.8 Å². The van der Waals surface area contributed by atoms with Crippen LogP contribution in [0.3, 0.4) is 0 Å². The third kappa shape index (κ3) is 4.62. The number of para-hydroxylation sites is 1. The van der Waals surface area contributed by atoms with Gasteiger partial charge in [-0.05, 0) is 18.2 Å². The minimum atomic E-state index is -4.63. The van der Waals surface area contributed by atoms with Gasteiger partial charge in [0, 0.05) is 12.1 Å². The summed E-state index contributed by atoms with van der Waals surface area (Å²) >= 11 is 0. The molecule has 0 aliphatic carbocycles. The van der Waals surface area contributed by atoms with E-state index < -0.39 is 34.9 Å². The molecule has 138 valence electrons. The van der Waals surface area contributed by atoms with Crippen LogP contribution in [-0.2, 0) is 11.0 Å². The summed E-state index contributed by atoms with van der Waals surface area (Å²) in [4.78, 5) is 22.1. The molecule has 26 heavy (non-hydrogen) atoms. The van der Waals surface area contributed by atoms with E-state index in [4.69, 9.17) is 9.47 Å². The van der Waals surface area contributed by atoms with E-state index in [9.17, 15) is 28.1 Å². The van der Waals surface area contributed by atoms with Crippen LogP contribution in [0.25, 0.3) is 0 Å². The highest BCUT2D eigenvalue weighted by molar-refractivity contribution is 5.93. The minimum absolute atomic E-state index is 0.000550. The van der Waals surface area contributed by atoms with Crippen molar-refractivity contribution in [3.05, 3.63) is 58.1 Å². The molecular formula is C16H13F3N2O5. The first-order valence-electron chi connectivity index (χ1n) is 7.13. The topological polar surface area (TPSA) is 90.7 Å². The van der Waals surface area contributed by atoms with Gasteiger partial charge >= 0.3 is 6.18 Å². The summed E-state index contributed by atoms with van der Waals surface area (Å²) in [5.41, 5.74) is -1.30. The fourth-order valence-electron chi connectivity index (χ4n) is 2.06. The Labute approximate surface area is 145 Å². The van der Waals surface area contributed by atoms with Crippen LogP contribution in [0, 0.1) is 10.1 Å². The second-order valence-corrected chi connectivity index (χ2v) is 4.97. The molecular weight excluding hydrogens is 357 g/mol. The summed E-state index contributed by atoms with van der Waals surface area (Å²) in [5, 5.41) is 13.1. The number of benzene rings is 2. The van der Waals surface area contributed by atoms with Crippen molar-refractivity contribution in [3.8, 4) is 11.5 Å². The maximum Gasteiger partial charge on any atom is 0.419 e. The zero-order valence-electron chi connectivity index (χ0n) is 13.4. The van der Waals surface area contributed by atoms with Gasteiger partial charge in [0.25, 0.3) is 11.6 Å². The number of nitro groups is 1. The summed E-state index contributed by atoms with van der Waals surface area (Å²) in [7, 11) is 1.30. The number of nitrogens with one attached hydrogen (secondary N) is 1. The number of carbonyl (C=O) groups excluding carboxylic acids is 1. The Hall–Kier alpha value is -3.30. The molecule has 0 unspecified atom stereocenters. The van der Waals surface area contributed by atoms with E-state index in [0.29, 0.717) is 0 Å². The van der Waals surface area contributed by atoms with Crippen molar-refractivity contribution in [1.29, 1.82) is 0 Å². The predicted molar refractivity (Wildman–Crippen MR) is 85.2 cm³/mol. The minimum Gasteiger partial charge on any atom is -0.495 e. The lowest BCUT2D eigenvalue weighted by Gasteiger charge is -2.14. The maximum absolute atomic E-state index is 12.9. The molecule has 0 bridgehead atoms. The maximum atomic E-state index is 12.9. The number of non-ortho nitro benzene ring substituents is 1. The number of alkyl halides is 3. The van der Waals surface area contributed by atoms with E-state index in [-0.39, 0.29) is 17.1 Å². The number of ether oxygens (including phenoxy) is 2. The summed E-state index contributed by atoms with van der Waals surface area (Å²) in [6.07, 6.45) is -4.63. The molecule has 0 fully saturated rings. The molecule has 0 radical (unpaired) electrons. The Morgan fingerprint density at radius 2 is 1.88 bits per heavy atom. The van der Waals surface area contributed by atoms with Crippen molar-refractivity contribution in [2.24, 2.45) is 0 Å². The van der Waals surface area contributed by atoms with E-state index in [1.807, 2.05) is 0 Å². The zero-order chi connectivity index (χ0) is 19.3. The SMILES string of the molecule is COc1ccc([N+](=O)[O-])cc1NC(=O)COc1ccccc1C(F)(F)F. The number of anilines is 1. The van der Waals surface area contributed by atoms with E-state index in [2.05, 4.69) is 5.32 Å². The van der Waals surface area contributed by atoms with E-state index >= 15 is 0 Å². The lowest BCUT2D eigenvalue weighted by atomic mass is 10.2. The molecule has 0 aromatic heterocycles. The van der Waals surface area contributed by atoms with Crippen LogP contribution in [-0.4, -0.2) is 24.5 Å². The van der Waals surface area contributed by atoms with Crippen LogP contribution < -0.4 is 14.8 Å². The fraction of sp³-hybridized carbons (Fsp3) is 0.188. The number of rotatable bonds is 6. The Bertz CT molecular complexity index is 824. The van der Waals surface area contributed by atoms with Crippen LogP contribution in [0.4, 0.5) is 24.5 Å². The van der Waals surface area contributed by atoms with Crippen LogP contribution in [0.2, 0.25) is 0 Å². The van der Waals surface area contributed by atoms with Gasteiger partial charge in [0.15, 0.2) is 6.61 Å². The van der Waals surface area contributed by atoms with Crippen molar-refractivity contribution in [2.45, 2.75) is 6.18 Å². The van der Waals surface area contributed by atoms with E-state index in [1.54, 1.807) is 0 Å². The molecule has 7 nitrogen and oxygen atoms in total. The molecule has 0 aliphatic heterocycles. The first-order valence-corrected chi connectivity index (χ1v) is 7.13. The average molecular weight is 370 g/mol. The van der Waals surface area contributed by atoms with Gasteiger partial charge in [-0.3, -0.25) is 14.9 Å². The third-order valence-corrected chi connectivity index (χ3v) is 3.22. The van der Waals surface area contributed by atoms with Gasteiger partial charge in [-0.15, -0.1) is 0 Å².